The van der Waals surface area contributed by atoms with Crippen LogP contribution < -0.4 is 0 Å². The van der Waals surface area contributed by atoms with E-state index >= 15 is 0 Å². The number of allylic oxidation sites excluding steroid dienone is 3. The quantitative estimate of drug-likeness (QED) is 0.0466. The van der Waals surface area contributed by atoms with E-state index in [9.17, 15) is 5.84 Å². The van der Waals surface area contributed by atoms with Crippen LogP contribution in [-0.2, 0) is 25.7 Å². The Bertz CT molecular complexity index is 1670. The molecule has 0 aliphatic carbocycles. The zero-order chi connectivity index (χ0) is 54.2. The summed E-state index contributed by atoms with van der Waals surface area (Å²) in [7, 11) is 0. The maximum atomic E-state index is 10.1. The molecule has 1 heterocycles. The van der Waals surface area contributed by atoms with Gasteiger partial charge in [0.05, 0.1) is 0 Å². The van der Waals surface area contributed by atoms with Gasteiger partial charge in [0.25, 0.3) is 0 Å². The average molecular weight is 1050 g/mol. The molecule has 2 aromatic rings. The first-order chi connectivity index (χ1) is 37.5. The summed E-state index contributed by atoms with van der Waals surface area (Å²) in [6.07, 6.45) is 75.3. The van der Waals surface area contributed by atoms with Crippen molar-refractivity contribution in [3.8, 4) is 0 Å². The molecule has 0 radical (unpaired) electrons. The second-order valence-corrected chi connectivity index (χ2v) is 24.6. The fourth-order valence-electron chi connectivity index (χ4n) is 12.2. The lowest BCUT2D eigenvalue weighted by Crippen LogP contribution is -2.13. The normalized spacial score (nSPS) is 13.3. The fourth-order valence-corrected chi connectivity index (χ4v) is 12.2. The molecule has 0 saturated heterocycles. The molecule has 0 spiro atoms. The monoisotopic (exact) mass is 1050 g/mol. The summed E-state index contributed by atoms with van der Waals surface area (Å²) < 4.78 is 1.88. The van der Waals surface area contributed by atoms with Crippen LogP contribution in [0.3, 0.4) is 0 Å². The van der Waals surface area contributed by atoms with E-state index < -0.39 is 0 Å². The highest BCUT2D eigenvalue weighted by Crippen LogP contribution is 2.33. The van der Waals surface area contributed by atoms with Crippen molar-refractivity contribution in [2.75, 3.05) is 0 Å². The van der Waals surface area contributed by atoms with Gasteiger partial charge >= 0.3 is 0 Å². The summed E-state index contributed by atoms with van der Waals surface area (Å²) in [5.41, 5.74) is 12.0. The minimum absolute atomic E-state index is 1.08. The average Bonchev–Trinajstić information content (AvgIpc) is 3.77. The van der Waals surface area contributed by atoms with Gasteiger partial charge in [-0.2, -0.15) is 0 Å². The van der Waals surface area contributed by atoms with Crippen molar-refractivity contribution in [1.82, 2.24) is 0 Å². The molecule has 0 bridgehead atoms. The van der Waals surface area contributed by atoms with Crippen LogP contribution >= 0.6 is 0 Å². The van der Waals surface area contributed by atoms with E-state index in [0.29, 0.717) is 0 Å². The molecule has 0 amide bonds. The van der Waals surface area contributed by atoms with Crippen molar-refractivity contribution in [3.05, 3.63) is 93.3 Å². The summed E-state index contributed by atoms with van der Waals surface area (Å²) in [4.78, 5) is 0. The third-order valence-corrected chi connectivity index (χ3v) is 17.2. The van der Waals surface area contributed by atoms with E-state index in [2.05, 4.69) is 83.2 Å². The van der Waals surface area contributed by atoms with Crippen molar-refractivity contribution in [1.29, 1.82) is 0 Å². The number of benzene rings is 2. The molecule has 0 atom stereocenters. The lowest BCUT2D eigenvalue weighted by Gasteiger charge is -2.14. The van der Waals surface area contributed by atoms with Crippen molar-refractivity contribution in [3.63, 3.8) is 0 Å². The summed E-state index contributed by atoms with van der Waals surface area (Å²) in [6.45, 7) is 11.6. The first-order valence-corrected chi connectivity index (χ1v) is 34.6. The first kappa shape index (κ1) is 67.7. The molecule has 0 fully saturated rings. The fraction of sp³-hybridized carbons (Fsp3) is 0.770. The highest BCUT2D eigenvalue weighted by atomic mass is 15.3. The standard InChI is InChI=1S/C74H128N2/c1-6-11-16-21-25-29-33-37-41-45-49-54-66-59-67(55-50-46-42-38-34-30-26-22-17-12-7-2)62-71(61-66)73-65-70(58-53-20-15-10-5)74(76(73)75)72-63-68(56-51-47-43-39-35-31-27-23-18-13-8-3)60-69(64-72)57-52-48-44-40-36-32-28-24-19-14-9-4/h58-65,75H,6-57H2,1-5H3. The van der Waals surface area contributed by atoms with Crippen molar-refractivity contribution >= 4 is 11.4 Å². The second kappa shape index (κ2) is 48.3. The number of nitrogens with zero attached hydrogens (tertiary/aromatic N) is 1. The number of unbranched alkanes of at least 4 members (excludes halogenated alkanes) is 43. The Hall–Kier alpha value is -2.61. The van der Waals surface area contributed by atoms with E-state index in [1.807, 2.05) is 4.68 Å². The van der Waals surface area contributed by atoms with Gasteiger partial charge in [0.1, 0.15) is 0 Å². The number of rotatable bonds is 54. The van der Waals surface area contributed by atoms with E-state index in [-0.39, 0.29) is 0 Å². The third kappa shape index (κ3) is 33.1. The van der Waals surface area contributed by atoms with Crippen molar-refractivity contribution in [2.24, 2.45) is 0 Å². The van der Waals surface area contributed by atoms with E-state index in [1.54, 1.807) is 0 Å². The van der Waals surface area contributed by atoms with E-state index in [1.165, 1.54) is 341 Å². The largest absolute Gasteiger partial charge is 0.448 e. The predicted octanol–water partition coefficient (Wildman–Crippen LogP) is 25.4. The SMILES string of the molecule is CCCCCC=C1C=C(c2cc(CCCCCCCCCCCCC)cc(CCCCCCCCCCCCC)c2)[N+]([NH-])=C1c1cc(CCCCCCCCCCCCC)cc(CCCCCCCCCCCCC)c1. The molecular weight excluding hydrogens is 917 g/mol. The number of nitrogens with one attached hydrogen (secondary N) is 1. The van der Waals surface area contributed by atoms with Crippen LogP contribution in [0.4, 0.5) is 0 Å². The Labute approximate surface area is 475 Å². The minimum atomic E-state index is 1.08. The van der Waals surface area contributed by atoms with E-state index in [4.69, 9.17) is 0 Å². The second-order valence-electron chi connectivity index (χ2n) is 24.6. The molecule has 2 nitrogen and oxygen atoms in total. The van der Waals surface area contributed by atoms with Gasteiger partial charge in [0, 0.05) is 22.8 Å². The lowest BCUT2D eigenvalue weighted by molar-refractivity contribution is -0.347. The van der Waals surface area contributed by atoms with Crippen LogP contribution in [0.25, 0.3) is 11.5 Å². The summed E-state index contributed by atoms with van der Waals surface area (Å²) in [5, 5.41) is 0. The highest BCUT2D eigenvalue weighted by Gasteiger charge is 2.29. The summed E-state index contributed by atoms with van der Waals surface area (Å²) >= 11 is 0. The Morgan fingerprint density at radius 1 is 0.289 bits per heavy atom. The molecule has 0 saturated carbocycles. The molecule has 3 rings (SSSR count). The van der Waals surface area contributed by atoms with Gasteiger partial charge in [-0.1, -0.05) is 323 Å². The molecule has 76 heavy (non-hydrogen) atoms. The van der Waals surface area contributed by atoms with Crippen LogP contribution in [0.1, 0.15) is 376 Å². The minimum Gasteiger partial charge on any atom is -0.448 e. The molecule has 0 unspecified atom stereocenters. The first-order valence-electron chi connectivity index (χ1n) is 34.6. The molecule has 2 aromatic carbocycles. The Kier molecular flexibility index (Phi) is 43.0. The van der Waals surface area contributed by atoms with Gasteiger partial charge in [-0.3, -0.25) is 0 Å². The Morgan fingerprint density at radius 3 is 0.803 bits per heavy atom. The maximum absolute atomic E-state index is 10.1. The number of aryl methyl sites for hydroxylation is 4. The van der Waals surface area contributed by atoms with Gasteiger partial charge in [-0.25, -0.2) is 4.68 Å². The number of hydrogen-bond donors (Lipinski definition) is 0. The third-order valence-electron chi connectivity index (χ3n) is 17.2. The molecule has 434 valence electrons. The lowest BCUT2D eigenvalue weighted by atomic mass is 9.93. The molecule has 0 aromatic heterocycles. The van der Waals surface area contributed by atoms with Crippen LogP contribution in [0.2, 0.25) is 0 Å². The van der Waals surface area contributed by atoms with Crippen LogP contribution in [0, 0.1) is 0 Å². The van der Waals surface area contributed by atoms with Crippen LogP contribution in [0.5, 0.6) is 0 Å². The van der Waals surface area contributed by atoms with Crippen LogP contribution in [0.15, 0.2) is 54.1 Å². The Morgan fingerprint density at radius 2 is 0.526 bits per heavy atom. The smallest absolute Gasteiger partial charge is 0.215 e. The molecule has 1 aliphatic heterocycles. The molecule has 2 heteroatoms. The Balaban J connectivity index is 1.83. The van der Waals surface area contributed by atoms with Gasteiger partial charge < -0.3 is 5.84 Å². The van der Waals surface area contributed by atoms with Crippen molar-refractivity contribution in [2.45, 2.75) is 369 Å². The van der Waals surface area contributed by atoms with Gasteiger partial charge in [-0.05, 0) is 111 Å². The maximum Gasteiger partial charge on any atom is 0.215 e. The molecular formula is C74H128N2. The number of hydrogen-bond acceptors (Lipinski definition) is 0. The van der Waals surface area contributed by atoms with E-state index in [0.717, 1.165) is 43.5 Å². The predicted molar refractivity (Wildman–Crippen MR) is 342 cm³/mol. The molecule has 1 N–H and O–H groups in total. The zero-order valence-corrected chi connectivity index (χ0v) is 51.8. The van der Waals surface area contributed by atoms with Gasteiger partial charge in [0.2, 0.25) is 11.4 Å². The van der Waals surface area contributed by atoms with Crippen molar-refractivity contribution < 1.29 is 4.68 Å². The van der Waals surface area contributed by atoms with Gasteiger partial charge in [0.15, 0.2) is 0 Å². The van der Waals surface area contributed by atoms with Crippen LogP contribution in [-0.4, -0.2) is 10.4 Å². The highest BCUT2D eigenvalue weighted by molar-refractivity contribution is 6.15. The summed E-state index contributed by atoms with van der Waals surface area (Å²) in [5.74, 6) is 10.1. The topological polar surface area (TPSA) is 26.8 Å². The van der Waals surface area contributed by atoms with Gasteiger partial charge in [-0.15, -0.1) is 0 Å². The molecule has 1 aliphatic rings. The summed E-state index contributed by atoms with van der Waals surface area (Å²) in [6, 6.07) is 15.1. The zero-order valence-electron chi connectivity index (χ0n) is 51.8.